The van der Waals surface area contributed by atoms with Gasteiger partial charge in [-0.1, -0.05) is 5.16 Å². The van der Waals surface area contributed by atoms with Crippen molar-refractivity contribution in [2.45, 2.75) is 52.7 Å². The predicted molar refractivity (Wildman–Crippen MR) is 81.3 cm³/mol. The van der Waals surface area contributed by atoms with Gasteiger partial charge in [0.25, 0.3) is 0 Å². The fourth-order valence-electron chi connectivity index (χ4n) is 2.53. The Labute approximate surface area is 131 Å². The van der Waals surface area contributed by atoms with Gasteiger partial charge in [0.2, 0.25) is 5.89 Å². The third kappa shape index (κ3) is 5.29. The molecule has 0 aliphatic carbocycles. The smallest absolute Gasteiger partial charge is 0.410 e. The number of hydrogen-bond acceptors (Lipinski definition) is 6. The number of likely N-dealkylation sites (tertiary alicyclic amines) is 1. The van der Waals surface area contributed by atoms with Crippen LogP contribution in [0, 0.1) is 12.8 Å². The summed E-state index contributed by atoms with van der Waals surface area (Å²) in [5.41, 5.74) is -0.446. The normalized spacial score (nSPS) is 19.3. The van der Waals surface area contributed by atoms with Crippen LogP contribution in [-0.2, 0) is 11.3 Å². The first-order chi connectivity index (χ1) is 10.3. The van der Waals surface area contributed by atoms with Crippen LogP contribution in [0.3, 0.4) is 0 Å². The highest BCUT2D eigenvalue weighted by atomic mass is 16.6. The number of aryl methyl sites for hydroxylation is 1. The average molecular weight is 310 g/mol. The second-order valence-electron chi connectivity index (χ2n) is 6.80. The molecule has 0 radical (unpaired) electrons. The van der Waals surface area contributed by atoms with E-state index in [1.54, 1.807) is 11.8 Å². The molecule has 1 aromatic heterocycles. The van der Waals surface area contributed by atoms with Crippen molar-refractivity contribution in [3.63, 3.8) is 0 Å². The van der Waals surface area contributed by atoms with Gasteiger partial charge in [-0.15, -0.1) is 0 Å². The first-order valence-electron chi connectivity index (χ1n) is 7.81. The number of hydrogen-bond donors (Lipinski definition) is 1. The number of carbonyl (C=O) groups excluding carboxylic acids is 1. The van der Waals surface area contributed by atoms with Crippen LogP contribution in [0.25, 0.3) is 0 Å². The van der Waals surface area contributed by atoms with Crippen LogP contribution in [0.5, 0.6) is 0 Å². The predicted octanol–water partition coefficient (Wildman–Crippen LogP) is 2.11. The fourth-order valence-corrected chi connectivity index (χ4v) is 2.53. The molecule has 2 rings (SSSR count). The molecule has 0 bridgehead atoms. The molecule has 1 aliphatic rings. The van der Waals surface area contributed by atoms with E-state index in [1.165, 1.54) is 0 Å². The molecule has 22 heavy (non-hydrogen) atoms. The van der Waals surface area contributed by atoms with Crippen molar-refractivity contribution in [3.05, 3.63) is 11.7 Å². The fraction of sp³-hybridized carbons (Fsp3) is 0.800. The van der Waals surface area contributed by atoms with E-state index in [4.69, 9.17) is 9.26 Å². The lowest BCUT2D eigenvalue weighted by Gasteiger charge is -2.34. The number of amides is 1. The second kappa shape index (κ2) is 7.09. The quantitative estimate of drug-likeness (QED) is 0.917. The van der Waals surface area contributed by atoms with Gasteiger partial charge in [0.15, 0.2) is 5.82 Å². The summed E-state index contributed by atoms with van der Waals surface area (Å²) >= 11 is 0. The summed E-state index contributed by atoms with van der Waals surface area (Å²) in [5, 5.41) is 7.18. The molecule has 1 aromatic rings. The van der Waals surface area contributed by atoms with Gasteiger partial charge in [-0.05, 0) is 39.5 Å². The summed E-state index contributed by atoms with van der Waals surface area (Å²) in [7, 11) is 0. The zero-order chi connectivity index (χ0) is 16.2. The molecule has 1 aliphatic heterocycles. The van der Waals surface area contributed by atoms with E-state index >= 15 is 0 Å². The van der Waals surface area contributed by atoms with Gasteiger partial charge in [-0.2, -0.15) is 4.98 Å². The van der Waals surface area contributed by atoms with Gasteiger partial charge >= 0.3 is 6.09 Å². The summed E-state index contributed by atoms with van der Waals surface area (Å²) in [6, 6.07) is 0. The summed E-state index contributed by atoms with van der Waals surface area (Å²) in [6.45, 7) is 10.4. The van der Waals surface area contributed by atoms with E-state index < -0.39 is 5.60 Å². The Morgan fingerprint density at radius 1 is 1.50 bits per heavy atom. The molecule has 124 valence electrons. The van der Waals surface area contributed by atoms with Crippen molar-refractivity contribution in [2.24, 2.45) is 5.92 Å². The molecule has 1 N–H and O–H groups in total. The third-order valence-electron chi connectivity index (χ3n) is 3.46. The molecule has 0 spiro atoms. The average Bonchev–Trinajstić information content (AvgIpc) is 2.83. The van der Waals surface area contributed by atoms with Crippen molar-refractivity contribution < 1.29 is 14.1 Å². The maximum absolute atomic E-state index is 12.1. The Kier molecular flexibility index (Phi) is 5.39. The minimum Gasteiger partial charge on any atom is -0.444 e. The van der Waals surface area contributed by atoms with E-state index in [0.29, 0.717) is 24.2 Å². The van der Waals surface area contributed by atoms with Gasteiger partial charge in [0.05, 0.1) is 6.54 Å². The Morgan fingerprint density at radius 3 is 2.91 bits per heavy atom. The zero-order valence-corrected chi connectivity index (χ0v) is 13.9. The number of piperidine rings is 1. The van der Waals surface area contributed by atoms with Crippen LogP contribution < -0.4 is 5.32 Å². The Hall–Kier alpha value is -1.63. The number of nitrogens with zero attached hydrogens (tertiary/aromatic N) is 3. The summed E-state index contributed by atoms with van der Waals surface area (Å²) in [5.74, 6) is 1.66. The van der Waals surface area contributed by atoms with Gasteiger partial charge in [-0.3, -0.25) is 0 Å². The van der Waals surface area contributed by atoms with E-state index in [9.17, 15) is 4.79 Å². The standard InChI is InChI=1S/C15H26N4O3/c1-11-17-13(18-22-11)9-16-8-12-6-5-7-19(10-12)14(20)21-15(2,3)4/h12,16H,5-10H2,1-4H3. The second-order valence-corrected chi connectivity index (χ2v) is 6.80. The summed E-state index contributed by atoms with van der Waals surface area (Å²) in [6.07, 6.45) is 1.90. The molecule has 2 heterocycles. The lowest BCUT2D eigenvalue weighted by molar-refractivity contribution is 0.0166. The van der Waals surface area contributed by atoms with Crippen molar-refractivity contribution >= 4 is 6.09 Å². The van der Waals surface area contributed by atoms with Gasteiger partial charge in [0.1, 0.15) is 5.60 Å². The first-order valence-corrected chi connectivity index (χ1v) is 7.81. The van der Waals surface area contributed by atoms with Crippen LogP contribution in [0.4, 0.5) is 4.79 Å². The maximum atomic E-state index is 12.1. The van der Waals surface area contributed by atoms with Crippen LogP contribution in [-0.4, -0.2) is 46.4 Å². The lowest BCUT2D eigenvalue weighted by atomic mass is 9.98. The van der Waals surface area contributed by atoms with E-state index in [1.807, 2.05) is 20.8 Å². The highest BCUT2D eigenvalue weighted by Gasteiger charge is 2.27. The van der Waals surface area contributed by atoms with Crippen molar-refractivity contribution in [1.82, 2.24) is 20.4 Å². The minimum absolute atomic E-state index is 0.217. The van der Waals surface area contributed by atoms with Gasteiger partial charge < -0.3 is 19.5 Å². The number of aromatic nitrogens is 2. The molecule has 7 nitrogen and oxygen atoms in total. The molecule has 7 heteroatoms. The molecule has 1 atom stereocenters. The largest absolute Gasteiger partial charge is 0.444 e. The molecule has 1 amide bonds. The number of nitrogens with one attached hydrogen (secondary N) is 1. The molecule has 1 unspecified atom stereocenters. The number of rotatable bonds is 4. The first kappa shape index (κ1) is 16.7. The van der Waals surface area contributed by atoms with Crippen LogP contribution >= 0.6 is 0 Å². The monoisotopic (exact) mass is 310 g/mol. The molecule has 1 fully saturated rings. The highest BCUT2D eigenvalue weighted by Crippen LogP contribution is 2.18. The number of carbonyl (C=O) groups is 1. The Balaban J connectivity index is 1.74. The third-order valence-corrected chi connectivity index (χ3v) is 3.46. The van der Waals surface area contributed by atoms with E-state index in [0.717, 1.165) is 32.5 Å². The zero-order valence-electron chi connectivity index (χ0n) is 13.9. The van der Waals surface area contributed by atoms with Crippen molar-refractivity contribution in [1.29, 1.82) is 0 Å². The Bertz CT molecular complexity index is 495. The van der Waals surface area contributed by atoms with Crippen LogP contribution in [0.15, 0.2) is 4.52 Å². The topological polar surface area (TPSA) is 80.5 Å². The van der Waals surface area contributed by atoms with Crippen molar-refractivity contribution in [3.8, 4) is 0 Å². The highest BCUT2D eigenvalue weighted by molar-refractivity contribution is 5.68. The molecule has 0 aromatic carbocycles. The van der Waals surface area contributed by atoms with Gasteiger partial charge in [-0.25, -0.2) is 4.79 Å². The summed E-state index contributed by atoms with van der Waals surface area (Å²) < 4.78 is 10.4. The lowest BCUT2D eigenvalue weighted by Crippen LogP contribution is -2.45. The summed E-state index contributed by atoms with van der Waals surface area (Å²) in [4.78, 5) is 18.1. The number of ether oxygens (including phenoxy) is 1. The minimum atomic E-state index is -0.446. The van der Waals surface area contributed by atoms with E-state index in [-0.39, 0.29) is 6.09 Å². The van der Waals surface area contributed by atoms with E-state index in [2.05, 4.69) is 15.5 Å². The molecular formula is C15H26N4O3. The maximum Gasteiger partial charge on any atom is 0.410 e. The van der Waals surface area contributed by atoms with Crippen molar-refractivity contribution in [2.75, 3.05) is 19.6 Å². The van der Waals surface area contributed by atoms with Gasteiger partial charge in [0, 0.05) is 26.6 Å². The SMILES string of the molecule is Cc1nc(CNCC2CCCN(C(=O)OC(C)(C)C)C2)no1. The van der Waals surface area contributed by atoms with Crippen LogP contribution in [0.2, 0.25) is 0 Å². The molecule has 1 saturated heterocycles. The molecule has 0 saturated carbocycles. The van der Waals surface area contributed by atoms with Crippen LogP contribution in [0.1, 0.15) is 45.3 Å². The molecular weight excluding hydrogens is 284 g/mol. The Morgan fingerprint density at radius 2 is 2.27 bits per heavy atom.